The number of nitrogens with zero attached hydrogens (tertiary/aromatic N) is 3. The molecule has 1 amide bonds. The summed E-state index contributed by atoms with van der Waals surface area (Å²) in [5.74, 6) is -0.0342. The van der Waals surface area contributed by atoms with Crippen LogP contribution in [0.15, 0.2) is 48.7 Å². The molecule has 1 atom stereocenters. The van der Waals surface area contributed by atoms with E-state index in [0.717, 1.165) is 56.6 Å². The number of pyridine rings is 1. The van der Waals surface area contributed by atoms with Crippen LogP contribution in [-0.2, 0) is 17.9 Å². The summed E-state index contributed by atoms with van der Waals surface area (Å²) in [6.07, 6.45) is 6.42. The molecule has 0 unspecified atom stereocenters. The van der Waals surface area contributed by atoms with Gasteiger partial charge in [-0.05, 0) is 62.1 Å². The Morgan fingerprint density at radius 2 is 1.96 bits per heavy atom. The number of aromatic nitrogens is 1. The number of halogens is 1. The van der Waals surface area contributed by atoms with Crippen molar-refractivity contribution in [3.8, 4) is 0 Å². The summed E-state index contributed by atoms with van der Waals surface area (Å²) in [6.45, 7) is 3.36. The number of carbonyl (C=O) groups is 1. The van der Waals surface area contributed by atoms with E-state index >= 15 is 0 Å². The van der Waals surface area contributed by atoms with Gasteiger partial charge in [0.1, 0.15) is 5.82 Å². The van der Waals surface area contributed by atoms with Gasteiger partial charge in [0.05, 0.1) is 5.69 Å². The lowest BCUT2D eigenvalue weighted by Gasteiger charge is -2.38. The van der Waals surface area contributed by atoms with Crippen LogP contribution in [0, 0.1) is 5.82 Å². The molecule has 2 fully saturated rings. The standard InChI is InChI=1S/C22H26FN3O/c23-19-6-3-5-18(15-19)16-26-21(27)8-10-22(26)9-4-13-25(14-11-22)17-20-7-1-2-12-24-20/h1-3,5-7,12,15H,4,8-11,13-14,16-17H2/t22-/m0/s1. The second-order valence-corrected chi connectivity index (χ2v) is 7.78. The van der Waals surface area contributed by atoms with E-state index < -0.39 is 0 Å². The van der Waals surface area contributed by atoms with Crippen molar-refractivity contribution in [1.82, 2.24) is 14.8 Å². The maximum absolute atomic E-state index is 13.6. The summed E-state index contributed by atoms with van der Waals surface area (Å²) in [5, 5.41) is 0. The SMILES string of the molecule is O=C1CC[C@]2(CCCN(Cc3ccccn3)CC2)N1Cc1cccc(F)c1. The van der Waals surface area contributed by atoms with E-state index in [1.165, 1.54) is 6.07 Å². The molecule has 4 rings (SSSR count). The summed E-state index contributed by atoms with van der Waals surface area (Å²) in [6, 6.07) is 12.7. The van der Waals surface area contributed by atoms with Crippen LogP contribution in [0.1, 0.15) is 43.4 Å². The Balaban J connectivity index is 1.47. The van der Waals surface area contributed by atoms with Crippen LogP contribution in [0.4, 0.5) is 4.39 Å². The third kappa shape index (κ3) is 4.03. The van der Waals surface area contributed by atoms with E-state index in [0.29, 0.717) is 13.0 Å². The Hall–Kier alpha value is -2.27. The van der Waals surface area contributed by atoms with Crippen LogP contribution in [0.2, 0.25) is 0 Å². The molecule has 27 heavy (non-hydrogen) atoms. The highest BCUT2D eigenvalue weighted by molar-refractivity contribution is 5.79. The highest BCUT2D eigenvalue weighted by atomic mass is 19.1. The fourth-order valence-electron chi connectivity index (χ4n) is 4.58. The van der Waals surface area contributed by atoms with E-state index in [-0.39, 0.29) is 17.3 Å². The van der Waals surface area contributed by atoms with Gasteiger partial charge in [-0.25, -0.2) is 4.39 Å². The Labute approximate surface area is 160 Å². The van der Waals surface area contributed by atoms with Crippen LogP contribution in [0.25, 0.3) is 0 Å². The zero-order valence-corrected chi connectivity index (χ0v) is 15.6. The highest BCUT2D eigenvalue weighted by Gasteiger charge is 2.45. The predicted octanol–water partition coefficient (Wildman–Crippen LogP) is 3.77. The van der Waals surface area contributed by atoms with Crippen molar-refractivity contribution < 1.29 is 9.18 Å². The van der Waals surface area contributed by atoms with E-state index in [2.05, 4.69) is 16.0 Å². The molecule has 5 heteroatoms. The Morgan fingerprint density at radius 3 is 2.78 bits per heavy atom. The number of hydrogen-bond donors (Lipinski definition) is 0. The highest BCUT2D eigenvalue weighted by Crippen LogP contribution is 2.40. The first-order chi connectivity index (χ1) is 13.1. The molecule has 2 aromatic rings. The number of carbonyl (C=O) groups excluding carboxylic acids is 1. The first-order valence-corrected chi connectivity index (χ1v) is 9.82. The molecule has 0 saturated carbocycles. The second-order valence-electron chi connectivity index (χ2n) is 7.78. The van der Waals surface area contributed by atoms with Crippen LogP contribution >= 0.6 is 0 Å². The molecule has 0 aliphatic carbocycles. The monoisotopic (exact) mass is 367 g/mol. The van der Waals surface area contributed by atoms with Crippen molar-refractivity contribution >= 4 is 5.91 Å². The quantitative estimate of drug-likeness (QED) is 0.825. The van der Waals surface area contributed by atoms with Gasteiger partial charge in [-0.3, -0.25) is 14.7 Å². The minimum atomic E-state index is -0.240. The van der Waals surface area contributed by atoms with Gasteiger partial charge in [-0.2, -0.15) is 0 Å². The normalized spacial score (nSPS) is 23.7. The molecule has 1 aromatic heterocycles. The number of rotatable bonds is 4. The van der Waals surface area contributed by atoms with Crippen molar-refractivity contribution in [2.75, 3.05) is 13.1 Å². The smallest absolute Gasteiger partial charge is 0.223 e. The largest absolute Gasteiger partial charge is 0.333 e. The zero-order valence-electron chi connectivity index (χ0n) is 15.6. The predicted molar refractivity (Wildman–Crippen MR) is 102 cm³/mol. The topological polar surface area (TPSA) is 36.4 Å². The third-order valence-corrected chi connectivity index (χ3v) is 6.03. The van der Waals surface area contributed by atoms with Crippen LogP contribution in [0.3, 0.4) is 0 Å². The van der Waals surface area contributed by atoms with Gasteiger partial charge in [-0.15, -0.1) is 0 Å². The van der Waals surface area contributed by atoms with E-state index in [1.54, 1.807) is 12.1 Å². The molecule has 4 nitrogen and oxygen atoms in total. The van der Waals surface area contributed by atoms with Gasteiger partial charge in [-0.1, -0.05) is 18.2 Å². The van der Waals surface area contributed by atoms with Crippen molar-refractivity contribution in [3.05, 3.63) is 65.7 Å². The first kappa shape index (κ1) is 18.1. The second kappa shape index (κ2) is 7.77. The van der Waals surface area contributed by atoms with Crippen LogP contribution < -0.4 is 0 Å². The van der Waals surface area contributed by atoms with Gasteiger partial charge in [0.25, 0.3) is 0 Å². The Morgan fingerprint density at radius 1 is 1.04 bits per heavy atom. The van der Waals surface area contributed by atoms with Crippen molar-refractivity contribution in [2.24, 2.45) is 0 Å². The van der Waals surface area contributed by atoms with Gasteiger partial charge < -0.3 is 4.90 Å². The lowest BCUT2D eigenvalue weighted by Crippen LogP contribution is -2.45. The van der Waals surface area contributed by atoms with E-state index in [4.69, 9.17) is 0 Å². The molecule has 2 aliphatic rings. The summed E-state index contributed by atoms with van der Waals surface area (Å²) in [7, 11) is 0. The minimum absolute atomic E-state index is 0.0811. The molecule has 142 valence electrons. The molecule has 2 saturated heterocycles. The van der Waals surface area contributed by atoms with Gasteiger partial charge in [0.2, 0.25) is 5.91 Å². The van der Waals surface area contributed by atoms with Crippen LogP contribution in [-0.4, -0.2) is 39.3 Å². The van der Waals surface area contributed by atoms with E-state index in [9.17, 15) is 9.18 Å². The summed E-state index contributed by atoms with van der Waals surface area (Å²) < 4.78 is 13.6. The van der Waals surface area contributed by atoms with E-state index in [1.807, 2.05) is 29.3 Å². The van der Waals surface area contributed by atoms with Crippen molar-refractivity contribution in [3.63, 3.8) is 0 Å². The summed E-state index contributed by atoms with van der Waals surface area (Å²) in [5.41, 5.74) is 1.88. The molecule has 0 N–H and O–H groups in total. The van der Waals surface area contributed by atoms with Gasteiger partial charge in [0.15, 0.2) is 0 Å². The average Bonchev–Trinajstić information content (AvgIpc) is 2.84. The molecule has 3 heterocycles. The third-order valence-electron chi connectivity index (χ3n) is 6.03. The lowest BCUT2D eigenvalue weighted by molar-refractivity contribution is -0.132. The van der Waals surface area contributed by atoms with Crippen LogP contribution in [0.5, 0.6) is 0 Å². The number of hydrogen-bond acceptors (Lipinski definition) is 3. The van der Waals surface area contributed by atoms with Gasteiger partial charge >= 0.3 is 0 Å². The summed E-state index contributed by atoms with van der Waals surface area (Å²) in [4.78, 5) is 21.6. The maximum Gasteiger partial charge on any atom is 0.223 e. The number of benzene rings is 1. The molecule has 2 aliphatic heterocycles. The molecule has 0 radical (unpaired) electrons. The molecular formula is C22H26FN3O. The Bertz CT molecular complexity index is 797. The molecule has 1 spiro atoms. The maximum atomic E-state index is 13.6. The first-order valence-electron chi connectivity index (χ1n) is 9.82. The van der Waals surface area contributed by atoms with Crippen molar-refractivity contribution in [1.29, 1.82) is 0 Å². The van der Waals surface area contributed by atoms with Gasteiger partial charge in [0, 0.05) is 37.8 Å². The molecule has 1 aromatic carbocycles. The lowest BCUT2D eigenvalue weighted by atomic mass is 9.87. The zero-order chi connectivity index (χ0) is 18.7. The fourth-order valence-corrected chi connectivity index (χ4v) is 4.58. The number of amides is 1. The Kier molecular flexibility index (Phi) is 5.21. The summed E-state index contributed by atoms with van der Waals surface area (Å²) >= 11 is 0. The molecular weight excluding hydrogens is 341 g/mol. The minimum Gasteiger partial charge on any atom is -0.333 e. The fraction of sp³-hybridized carbons (Fsp3) is 0.455. The molecule has 0 bridgehead atoms. The number of likely N-dealkylation sites (tertiary alicyclic amines) is 2. The average molecular weight is 367 g/mol. The van der Waals surface area contributed by atoms with Crippen molar-refractivity contribution in [2.45, 2.75) is 50.7 Å².